The second kappa shape index (κ2) is 10.1. The fraction of sp³-hybridized carbons (Fsp3) is 0.810. The van der Waals surface area contributed by atoms with Gasteiger partial charge in [-0.1, -0.05) is 19.8 Å². The number of methoxy groups -OCH3 is 1. The molecule has 0 bridgehead atoms. The van der Waals surface area contributed by atoms with Gasteiger partial charge in [0.2, 0.25) is 5.91 Å². The minimum atomic E-state index is 0.242. The molecule has 2 fully saturated rings. The van der Waals surface area contributed by atoms with Crippen LogP contribution in [-0.2, 0) is 11.2 Å². The fourth-order valence-corrected chi connectivity index (χ4v) is 4.64. The van der Waals surface area contributed by atoms with Gasteiger partial charge < -0.3 is 19.1 Å². The predicted molar refractivity (Wildman–Crippen MR) is 105 cm³/mol. The monoisotopic (exact) mass is 377 g/mol. The summed E-state index contributed by atoms with van der Waals surface area (Å²) in [6, 6.07) is 2.45. The molecule has 1 aromatic heterocycles. The van der Waals surface area contributed by atoms with E-state index in [1.54, 1.807) is 13.2 Å². The predicted octanol–water partition coefficient (Wildman–Crippen LogP) is 3.51. The number of aryl methyl sites for hydroxylation is 1. The van der Waals surface area contributed by atoms with Crippen molar-refractivity contribution in [1.82, 2.24) is 15.0 Å². The third-order valence-corrected chi connectivity index (χ3v) is 6.15. The van der Waals surface area contributed by atoms with E-state index in [-0.39, 0.29) is 5.91 Å². The highest BCUT2D eigenvalue weighted by molar-refractivity contribution is 5.76. The summed E-state index contributed by atoms with van der Waals surface area (Å²) in [5.41, 5.74) is 0. The van der Waals surface area contributed by atoms with E-state index >= 15 is 0 Å². The van der Waals surface area contributed by atoms with Gasteiger partial charge >= 0.3 is 0 Å². The maximum atomic E-state index is 13.0. The number of unbranched alkanes of at least 4 members (excludes halogenated alkanes) is 1. The molecule has 3 heterocycles. The standard InChI is InChI=1S/C21H35N3O3/c1-3-4-12-24(21(25)11-10-18-15-20(26-2)22-27-18)16-17-8-7-14-23-13-6-5-9-19(17)23/h15,17,19H,3-14,16H2,1-2H3/t17-,19+/m0/s1. The highest BCUT2D eigenvalue weighted by Gasteiger charge is 2.34. The van der Waals surface area contributed by atoms with Crippen LogP contribution >= 0.6 is 0 Å². The average molecular weight is 378 g/mol. The van der Waals surface area contributed by atoms with Gasteiger partial charge in [-0.15, -0.1) is 0 Å². The number of carbonyl (C=O) groups is 1. The van der Waals surface area contributed by atoms with E-state index < -0.39 is 0 Å². The summed E-state index contributed by atoms with van der Waals surface area (Å²) in [4.78, 5) is 17.8. The molecule has 2 aliphatic rings. The highest BCUT2D eigenvalue weighted by Crippen LogP contribution is 2.31. The first-order valence-corrected chi connectivity index (χ1v) is 10.7. The molecular formula is C21H35N3O3. The third kappa shape index (κ3) is 5.47. The highest BCUT2D eigenvalue weighted by atomic mass is 16.5. The minimum absolute atomic E-state index is 0.242. The molecule has 27 heavy (non-hydrogen) atoms. The van der Waals surface area contributed by atoms with E-state index in [1.165, 1.54) is 45.2 Å². The SMILES string of the molecule is CCCCN(C[C@@H]1CCCN2CCCC[C@H]12)C(=O)CCc1cc(OC)no1. The van der Waals surface area contributed by atoms with Gasteiger partial charge in [-0.05, 0) is 56.3 Å². The Bertz CT molecular complexity index is 587. The van der Waals surface area contributed by atoms with Crippen molar-refractivity contribution < 1.29 is 14.1 Å². The molecule has 2 saturated heterocycles. The van der Waals surface area contributed by atoms with Crippen molar-refractivity contribution in [2.45, 2.75) is 70.8 Å². The van der Waals surface area contributed by atoms with Crippen molar-refractivity contribution in [3.63, 3.8) is 0 Å². The van der Waals surface area contributed by atoms with Crippen molar-refractivity contribution in [2.24, 2.45) is 5.92 Å². The molecule has 6 nitrogen and oxygen atoms in total. The fourth-order valence-electron chi connectivity index (χ4n) is 4.64. The second-order valence-corrected chi connectivity index (χ2v) is 8.03. The van der Waals surface area contributed by atoms with E-state index in [9.17, 15) is 4.79 Å². The smallest absolute Gasteiger partial charge is 0.254 e. The van der Waals surface area contributed by atoms with Gasteiger partial charge in [-0.25, -0.2) is 0 Å². The number of amides is 1. The summed E-state index contributed by atoms with van der Waals surface area (Å²) >= 11 is 0. The molecule has 0 N–H and O–H groups in total. The van der Waals surface area contributed by atoms with Crippen LogP contribution in [0.25, 0.3) is 0 Å². The lowest BCUT2D eigenvalue weighted by atomic mass is 9.83. The van der Waals surface area contributed by atoms with Crippen molar-refractivity contribution in [3.05, 3.63) is 11.8 Å². The first kappa shape index (κ1) is 20.2. The molecule has 3 rings (SSSR count). The number of nitrogens with zero attached hydrogens (tertiary/aromatic N) is 3. The van der Waals surface area contributed by atoms with E-state index in [1.807, 2.05) is 0 Å². The topological polar surface area (TPSA) is 58.8 Å². The second-order valence-electron chi connectivity index (χ2n) is 8.03. The molecular weight excluding hydrogens is 342 g/mol. The molecule has 0 aromatic carbocycles. The summed E-state index contributed by atoms with van der Waals surface area (Å²) in [5.74, 6) is 2.06. The maximum Gasteiger partial charge on any atom is 0.254 e. The van der Waals surface area contributed by atoms with Crippen LogP contribution in [0.1, 0.15) is 64.1 Å². The Morgan fingerprint density at radius 3 is 2.96 bits per heavy atom. The molecule has 0 radical (unpaired) electrons. The van der Waals surface area contributed by atoms with E-state index in [0.717, 1.165) is 25.9 Å². The lowest BCUT2D eigenvalue weighted by Gasteiger charge is -2.45. The number of fused-ring (bicyclic) bond motifs is 1. The zero-order chi connectivity index (χ0) is 19.1. The van der Waals surface area contributed by atoms with Crippen LogP contribution < -0.4 is 4.74 Å². The molecule has 0 aliphatic carbocycles. The van der Waals surface area contributed by atoms with E-state index in [2.05, 4.69) is 21.9 Å². The van der Waals surface area contributed by atoms with Crippen LogP contribution in [-0.4, -0.2) is 60.2 Å². The summed E-state index contributed by atoms with van der Waals surface area (Å²) < 4.78 is 10.3. The van der Waals surface area contributed by atoms with E-state index in [0.29, 0.717) is 36.4 Å². The van der Waals surface area contributed by atoms with Crippen LogP contribution in [0.4, 0.5) is 0 Å². The quantitative estimate of drug-likeness (QED) is 0.659. The summed E-state index contributed by atoms with van der Waals surface area (Å²) in [5, 5.41) is 3.82. The van der Waals surface area contributed by atoms with Crippen LogP contribution in [0.15, 0.2) is 10.6 Å². The largest absolute Gasteiger partial charge is 0.479 e. The summed E-state index contributed by atoms with van der Waals surface area (Å²) in [6.07, 6.45) is 9.76. The molecule has 0 spiro atoms. The molecule has 1 aromatic rings. The average Bonchev–Trinajstić information content (AvgIpc) is 3.17. The molecule has 2 atom stereocenters. The van der Waals surface area contributed by atoms with Crippen molar-refractivity contribution >= 4 is 5.91 Å². The lowest BCUT2D eigenvalue weighted by molar-refractivity contribution is -0.132. The number of hydrogen-bond acceptors (Lipinski definition) is 5. The number of aromatic nitrogens is 1. The first-order valence-electron chi connectivity index (χ1n) is 10.7. The molecule has 2 aliphatic heterocycles. The van der Waals surface area contributed by atoms with Gasteiger partial charge in [-0.3, -0.25) is 4.79 Å². The van der Waals surface area contributed by atoms with Gasteiger partial charge in [0.25, 0.3) is 5.88 Å². The zero-order valence-corrected chi connectivity index (χ0v) is 17.0. The van der Waals surface area contributed by atoms with Crippen LogP contribution in [0.3, 0.4) is 0 Å². The summed E-state index contributed by atoms with van der Waals surface area (Å²) in [6.45, 7) is 6.47. The number of ether oxygens (including phenoxy) is 1. The Morgan fingerprint density at radius 1 is 1.33 bits per heavy atom. The number of carbonyl (C=O) groups excluding carboxylic acids is 1. The molecule has 0 unspecified atom stereocenters. The Labute approximate surface area is 163 Å². The molecule has 0 saturated carbocycles. The minimum Gasteiger partial charge on any atom is -0.479 e. The Kier molecular flexibility index (Phi) is 7.56. The molecule has 152 valence electrons. The zero-order valence-electron chi connectivity index (χ0n) is 17.0. The van der Waals surface area contributed by atoms with Crippen molar-refractivity contribution in [3.8, 4) is 5.88 Å². The number of hydrogen-bond donors (Lipinski definition) is 0. The van der Waals surface area contributed by atoms with Gasteiger partial charge in [0.1, 0.15) is 5.76 Å². The summed E-state index contributed by atoms with van der Waals surface area (Å²) in [7, 11) is 1.57. The van der Waals surface area contributed by atoms with Crippen LogP contribution in [0.5, 0.6) is 5.88 Å². The van der Waals surface area contributed by atoms with Crippen LogP contribution in [0, 0.1) is 5.92 Å². The molecule has 1 amide bonds. The molecule has 6 heteroatoms. The first-order chi connectivity index (χ1) is 13.2. The van der Waals surface area contributed by atoms with Crippen molar-refractivity contribution in [2.75, 3.05) is 33.3 Å². The van der Waals surface area contributed by atoms with Gasteiger partial charge in [0.15, 0.2) is 0 Å². The van der Waals surface area contributed by atoms with E-state index in [4.69, 9.17) is 9.26 Å². The lowest BCUT2D eigenvalue weighted by Crippen LogP contribution is -2.51. The Hall–Kier alpha value is -1.56. The van der Waals surface area contributed by atoms with Gasteiger partial charge in [0.05, 0.1) is 7.11 Å². The Balaban J connectivity index is 1.57. The van der Waals surface area contributed by atoms with Crippen LogP contribution in [0.2, 0.25) is 0 Å². The maximum absolute atomic E-state index is 13.0. The normalized spacial score (nSPS) is 23.0. The number of piperidine rings is 2. The van der Waals surface area contributed by atoms with Gasteiger partial charge in [-0.2, -0.15) is 0 Å². The van der Waals surface area contributed by atoms with Gasteiger partial charge in [0, 0.05) is 38.0 Å². The third-order valence-electron chi connectivity index (χ3n) is 6.15. The van der Waals surface area contributed by atoms with Crippen molar-refractivity contribution in [1.29, 1.82) is 0 Å². The Morgan fingerprint density at radius 2 is 2.19 bits per heavy atom. The number of rotatable bonds is 9.